The minimum atomic E-state index is -0.116. The molecule has 2 aromatic heterocycles. The molecule has 0 unspecified atom stereocenters. The number of aromatic nitrogens is 3. The van der Waals surface area contributed by atoms with Crippen LogP contribution in [0.3, 0.4) is 0 Å². The van der Waals surface area contributed by atoms with Crippen molar-refractivity contribution >= 4 is 51.4 Å². The Kier molecular flexibility index (Phi) is 6.52. The predicted octanol–water partition coefficient (Wildman–Crippen LogP) is 6.20. The largest absolute Gasteiger partial charge is 0.416 e. The van der Waals surface area contributed by atoms with Gasteiger partial charge in [0.15, 0.2) is 5.13 Å². The van der Waals surface area contributed by atoms with Gasteiger partial charge in [-0.1, -0.05) is 48.7 Å². The number of hydrogen-bond acceptors (Lipinski definition) is 7. The number of anilines is 2. The molecule has 1 aromatic carbocycles. The summed E-state index contributed by atoms with van der Waals surface area (Å²) < 4.78 is 5.86. The summed E-state index contributed by atoms with van der Waals surface area (Å²) in [6.45, 7) is 1.52. The van der Waals surface area contributed by atoms with Crippen LogP contribution in [0.25, 0.3) is 0 Å². The number of hydrogen-bond donors (Lipinski definition) is 0. The monoisotopic (exact) mass is 448 g/mol. The third-order valence-corrected chi connectivity index (χ3v) is 6.79. The summed E-state index contributed by atoms with van der Waals surface area (Å²) in [5.74, 6) is 1.65. The molecule has 0 aliphatic heterocycles. The highest BCUT2D eigenvalue weighted by Crippen LogP contribution is 2.35. The fourth-order valence-corrected chi connectivity index (χ4v) is 5.28. The van der Waals surface area contributed by atoms with Gasteiger partial charge in [-0.2, -0.15) is 0 Å². The third kappa shape index (κ3) is 4.99. The molecule has 2 heterocycles. The Bertz CT molecular complexity index is 984. The molecule has 1 aliphatic rings. The first-order chi connectivity index (χ1) is 14.1. The highest BCUT2D eigenvalue weighted by molar-refractivity contribution is 7.98. The molecule has 0 atom stereocenters. The Balaban J connectivity index is 1.42. The zero-order valence-electron chi connectivity index (χ0n) is 16.0. The van der Waals surface area contributed by atoms with Gasteiger partial charge in [0.25, 0.3) is 5.22 Å². The van der Waals surface area contributed by atoms with Crippen molar-refractivity contribution in [1.82, 2.24) is 15.2 Å². The number of benzene rings is 1. The number of carbonyl (C=O) groups excluding carboxylic acids is 1. The van der Waals surface area contributed by atoms with Gasteiger partial charge in [-0.3, -0.25) is 9.69 Å². The minimum Gasteiger partial charge on any atom is -0.416 e. The van der Waals surface area contributed by atoms with Crippen molar-refractivity contribution in [1.29, 1.82) is 0 Å². The van der Waals surface area contributed by atoms with E-state index in [-0.39, 0.29) is 5.91 Å². The van der Waals surface area contributed by atoms with Gasteiger partial charge >= 0.3 is 0 Å². The summed E-state index contributed by atoms with van der Waals surface area (Å²) in [7, 11) is 0. The Morgan fingerprint density at radius 2 is 2.14 bits per heavy atom. The predicted molar refractivity (Wildman–Crippen MR) is 116 cm³/mol. The topological polar surface area (TPSA) is 72.1 Å². The van der Waals surface area contributed by atoms with Crippen LogP contribution in [0.5, 0.6) is 0 Å². The number of thioether (sulfide) groups is 1. The molecule has 0 spiro atoms. The summed E-state index contributed by atoms with van der Waals surface area (Å²) >= 11 is 8.97. The van der Waals surface area contributed by atoms with E-state index in [1.165, 1.54) is 49.3 Å². The summed E-state index contributed by atoms with van der Waals surface area (Å²) in [4.78, 5) is 18.4. The number of thiazole rings is 1. The molecule has 0 saturated heterocycles. The Labute approximate surface area is 182 Å². The van der Waals surface area contributed by atoms with Crippen LogP contribution in [0.1, 0.15) is 56.5 Å². The fourth-order valence-electron chi connectivity index (χ4n) is 3.44. The molecule has 1 saturated carbocycles. The quantitative estimate of drug-likeness (QED) is 0.418. The molecule has 0 radical (unpaired) electrons. The van der Waals surface area contributed by atoms with Gasteiger partial charge in [-0.05, 0) is 31.0 Å². The van der Waals surface area contributed by atoms with Crippen LogP contribution in [0.2, 0.25) is 5.02 Å². The van der Waals surface area contributed by atoms with Crippen LogP contribution >= 0.6 is 34.7 Å². The van der Waals surface area contributed by atoms with Crippen LogP contribution in [0.15, 0.2) is 39.3 Å². The van der Waals surface area contributed by atoms with Crippen LogP contribution in [-0.2, 0) is 10.5 Å². The van der Waals surface area contributed by atoms with Gasteiger partial charge in [0, 0.05) is 29.0 Å². The van der Waals surface area contributed by atoms with Gasteiger partial charge in [0.05, 0.1) is 11.4 Å². The zero-order valence-corrected chi connectivity index (χ0v) is 18.4. The van der Waals surface area contributed by atoms with Gasteiger partial charge in [-0.15, -0.1) is 21.5 Å². The van der Waals surface area contributed by atoms with E-state index in [2.05, 4.69) is 15.2 Å². The first-order valence-electron chi connectivity index (χ1n) is 9.57. The molecule has 29 heavy (non-hydrogen) atoms. The average Bonchev–Trinajstić information content (AvgIpc) is 3.37. The molecule has 1 amide bonds. The highest BCUT2D eigenvalue weighted by Gasteiger charge is 2.22. The summed E-state index contributed by atoms with van der Waals surface area (Å²) in [6.07, 6.45) is 6.02. The highest BCUT2D eigenvalue weighted by atomic mass is 35.5. The van der Waals surface area contributed by atoms with Crippen molar-refractivity contribution in [3.63, 3.8) is 0 Å². The molecule has 3 aromatic rings. The maximum Gasteiger partial charge on any atom is 0.276 e. The second-order valence-electron chi connectivity index (χ2n) is 6.99. The molecule has 1 aliphatic carbocycles. The number of carbonyl (C=O) groups is 1. The van der Waals surface area contributed by atoms with Crippen molar-refractivity contribution in [3.8, 4) is 0 Å². The van der Waals surface area contributed by atoms with Gasteiger partial charge in [0.1, 0.15) is 0 Å². The van der Waals surface area contributed by atoms with Gasteiger partial charge in [-0.25, -0.2) is 4.98 Å². The van der Waals surface area contributed by atoms with Crippen molar-refractivity contribution in [2.75, 3.05) is 4.90 Å². The van der Waals surface area contributed by atoms with Crippen LogP contribution in [0.4, 0.5) is 10.8 Å². The Morgan fingerprint density at radius 1 is 1.31 bits per heavy atom. The first-order valence-corrected chi connectivity index (χ1v) is 11.8. The van der Waals surface area contributed by atoms with Crippen LogP contribution < -0.4 is 4.90 Å². The molecule has 0 bridgehead atoms. The lowest BCUT2D eigenvalue weighted by Crippen LogP contribution is -2.22. The molecule has 9 heteroatoms. The Hall–Kier alpha value is -1.90. The maximum absolute atomic E-state index is 12.2. The lowest BCUT2D eigenvalue weighted by molar-refractivity contribution is -0.115. The number of rotatable bonds is 6. The van der Waals surface area contributed by atoms with Crippen molar-refractivity contribution in [2.24, 2.45) is 0 Å². The normalized spacial score (nSPS) is 14.8. The van der Waals surface area contributed by atoms with Crippen molar-refractivity contribution in [3.05, 3.63) is 46.3 Å². The van der Waals surface area contributed by atoms with E-state index in [1.807, 2.05) is 17.5 Å². The Morgan fingerprint density at radius 3 is 2.90 bits per heavy atom. The van der Waals surface area contributed by atoms with Crippen LogP contribution in [-0.4, -0.2) is 21.1 Å². The minimum absolute atomic E-state index is 0.116. The van der Waals surface area contributed by atoms with E-state index in [4.69, 9.17) is 16.0 Å². The van der Waals surface area contributed by atoms with E-state index in [1.54, 1.807) is 17.0 Å². The van der Waals surface area contributed by atoms with E-state index in [0.717, 1.165) is 24.4 Å². The third-order valence-electron chi connectivity index (χ3n) is 4.83. The summed E-state index contributed by atoms with van der Waals surface area (Å²) in [6, 6.07) is 7.19. The van der Waals surface area contributed by atoms with E-state index in [0.29, 0.717) is 32.7 Å². The van der Waals surface area contributed by atoms with E-state index >= 15 is 0 Å². The average molecular weight is 449 g/mol. The molecule has 4 rings (SSSR count). The van der Waals surface area contributed by atoms with Crippen LogP contribution in [0, 0.1) is 0 Å². The molecule has 1 fully saturated rings. The lowest BCUT2D eigenvalue weighted by Gasteiger charge is -2.18. The number of amides is 1. The van der Waals surface area contributed by atoms with E-state index in [9.17, 15) is 4.79 Å². The number of halogens is 1. The maximum atomic E-state index is 12.2. The molecular formula is C20H21ClN4O2S2. The first kappa shape index (κ1) is 20.4. The molecule has 6 nitrogen and oxygen atoms in total. The SMILES string of the molecule is CC(=O)N(c1cccc(Cl)c1)c1nc(CSc2nnc(C3CCCCC3)o2)cs1. The molecule has 152 valence electrons. The van der Waals surface area contributed by atoms with Gasteiger partial charge < -0.3 is 4.42 Å². The zero-order chi connectivity index (χ0) is 20.2. The van der Waals surface area contributed by atoms with Gasteiger partial charge in [0.2, 0.25) is 11.8 Å². The lowest BCUT2D eigenvalue weighted by atomic mass is 9.89. The second-order valence-corrected chi connectivity index (χ2v) is 9.19. The van der Waals surface area contributed by atoms with Crippen molar-refractivity contribution < 1.29 is 9.21 Å². The molecular weight excluding hydrogens is 428 g/mol. The van der Waals surface area contributed by atoms with E-state index < -0.39 is 0 Å². The smallest absolute Gasteiger partial charge is 0.276 e. The second kappa shape index (κ2) is 9.28. The standard InChI is InChI=1S/C20H21ClN4O2S2/c1-13(26)25(17-9-5-8-15(21)10-17)19-22-16(11-28-19)12-29-20-24-23-18(27-20)14-6-3-2-4-7-14/h5,8-11,14H,2-4,6-7,12H2,1H3. The summed E-state index contributed by atoms with van der Waals surface area (Å²) in [5, 5.41) is 12.1. The fraction of sp³-hybridized carbons (Fsp3) is 0.400. The summed E-state index contributed by atoms with van der Waals surface area (Å²) in [5.41, 5.74) is 1.56. The van der Waals surface area contributed by atoms with Crippen molar-refractivity contribution in [2.45, 2.75) is 55.9 Å². The molecule has 0 N–H and O–H groups in total. The number of nitrogens with zero attached hydrogens (tertiary/aromatic N) is 4.